The van der Waals surface area contributed by atoms with E-state index in [2.05, 4.69) is 5.32 Å². The zero-order chi connectivity index (χ0) is 23.0. The first-order valence-corrected chi connectivity index (χ1v) is 9.92. The quantitative estimate of drug-likeness (QED) is 0.247. The Morgan fingerprint density at radius 2 is 1.97 bits per heavy atom. The molecule has 0 aromatic heterocycles. The van der Waals surface area contributed by atoms with Crippen molar-refractivity contribution in [2.75, 3.05) is 6.54 Å². The minimum absolute atomic E-state index is 0.0481. The van der Waals surface area contributed by atoms with E-state index in [1.165, 1.54) is 17.0 Å². The van der Waals surface area contributed by atoms with Crippen LogP contribution in [-0.4, -0.2) is 56.2 Å². The summed E-state index contributed by atoms with van der Waals surface area (Å²) in [6.45, 7) is -0.155. The van der Waals surface area contributed by atoms with Crippen molar-refractivity contribution in [3.05, 3.63) is 39.4 Å². The maximum atomic E-state index is 12.3. The molecule has 2 rings (SSSR count). The molecule has 1 atom stereocenters. The van der Waals surface area contributed by atoms with E-state index in [1.54, 1.807) is 6.07 Å². The molecule has 2 amide bonds. The molecule has 0 radical (unpaired) electrons. The lowest BCUT2D eigenvalue weighted by Gasteiger charge is -2.27. The summed E-state index contributed by atoms with van der Waals surface area (Å²) in [5, 5.41) is 31.7. The highest BCUT2D eigenvalue weighted by molar-refractivity contribution is 6.37. The van der Waals surface area contributed by atoms with E-state index in [-0.39, 0.29) is 55.9 Å². The fourth-order valence-corrected chi connectivity index (χ4v) is 3.49. The molecule has 168 valence electrons. The van der Waals surface area contributed by atoms with E-state index in [0.29, 0.717) is 18.4 Å². The van der Waals surface area contributed by atoms with Gasteiger partial charge in [0.1, 0.15) is 0 Å². The van der Waals surface area contributed by atoms with Gasteiger partial charge in [-0.3, -0.25) is 29.3 Å². The maximum Gasteiger partial charge on any atom is 0.303 e. The van der Waals surface area contributed by atoms with Crippen molar-refractivity contribution in [2.24, 2.45) is 0 Å². The second-order valence-corrected chi connectivity index (χ2v) is 7.31. The summed E-state index contributed by atoms with van der Waals surface area (Å²) in [4.78, 5) is 58.5. The number of nitrogens with zero attached hydrogens (tertiary/aromatic N) is 2. The van der Waals surface area contributed by atoms with Crippen molar-refractivity contribution >= 4 is 29.3 Å². The number of ketones is 1. The average Bonchev–Trinajstić information content (AvgIpc) is 3.06. The summed E-state index contributed by atoms with van der Waals surface area (Å²) in [6, 6.07) is 3.87. The number of nitro groups is 1. The third-order valence-corrected chi connectivity index (χ3v) is 5.16. The third-order valence-electron chi connectivity index (χ3n) is 5.16. The fourth-order valence-electron chi connectivity index (χ4n) is 3.49. The molecule has 0 saturated carbocycles. The first kappa shape index (κ1) is 23.9. The van der Waals surface area contributed by atoms with E-state index in [4.69, 9.17) is 10.2 Å². The third kappa shape index (κ3) is 6.85. The Morgan fingerprint density at radius 1 is 1.23 bits per heavy atom. The first-order valence-electron chi connectivity index (χ1n) is 9.92. The van der Waals surface area contributed by atoms with Gasteiger partial charge in [0.2, 0.25) is 11.7 Å². The number of hydrogen-bond donors (Lipinski definition) is 3. The number of likely N-dealkylation sites (tertiary alicyclic amines) is 1. The zero-order valence-electron chi connectivity index (χ0n) is 16.9. The average molecular weight is 435 g/mol. The highest BCUT2D eigenvalue weighted by Gasteiger charge is 2.34. The van der Waals surface area contributed by atoms with Crippen LogP contribution in [0.1, 0.15) is 49.7 Å². The summed E-state index contributed by atoms with van der Waals surface area (Å²) in [5.74, 6) is -2.38. The number of aliphatic hydroxyl groups is 1. The lowest BCUT2D eigenvalue weighted by Crippen LogP contribution is -2.38. The van der Waals surface area contributed by atoms with Crippen LogP contribution in [0.4, 0.5) is 5.69 Å². The molecule has 3 N–H and O–H groups in total. The number of carbonyl (C=O) groups is 4. The van der Waals surface area contributed by atoms with E-state index in [9.17, 15) is 29.3 Å². The number of hydrogen-bond acceptors (Lipinski definition) is 7. The number of benzene rings is 1. The van der Waals surface area contributed by atoms with Gasteiger partial charge in [-0.2, -0.15) is 0 Å². The number of nitrogens with one attached hydrogen (secondary N) is 1. The second-order valence-electron chi connectivity index (χ2n) is 7.31. The minimum atomic E-state index is -0.957. The van der Waals surface area contributed by atoms with Gasteiger partial charge in [-0.25, -0.2) is 0 Å². The molecule has 11 nitrogen and oxygen atoms in total. The maximum absolute atomic E-state index is 12.3. The van der Waals surface area contributed by atoms with Crippen LogP contribution in [0.3, 0.4) is 0 Å². The SMILES string of the molecule is O=C(O)CCCC(CCC(=O)NCc1ccc(CO)c([N+](=O)[O-])c1)N1CCC(=O)C1=O. The van der Waals surface area contributed by atoms with Gasteiger partial charge in [0.15, 0.2) is 0 Å². The monoisotopic (exact) mass is 435 g/mol. The summed E-state index contributed by atoms with van der Waals surface area (Å²) in [6.07, 6.45) is 1.05. The van der Waals surface area contributed by atoms with Crippen molar-refractivity contribution in [1.82, 2.24) is 10.2 Å². The molecule has 1 aliphatic rings. The number of rotatable bonds is 12. The molecule has 1 unspecified atom stereocenters. The molecule has 1 aromatic rings. The van der Waals surface area contributed by atoms with Crippen LogP contribution in [0.5, 0.6) is 0 Å². The molecule has 0 aliphatic carbocycles. The number of carboxylic acids is 1. The van der Waals surface area contributed by atoms with Crippen LogP contribution in [0.2, 0.25) is 0 Å². The van der Waals surface area contributed by atoms with Crippen molar-refractivity contribution in [2.45, 2.75) is 57.7 Å². The lowest BCUT2D eigenvalue weighted by molar-refractivity contribution is -0.385. The van der Waals surface area contributed by atoms with Crippen LogP contribution in [0.25, 0.3) is 0 Å². The minimum Gasteiger partial charge on any atom is -0.481 e. The Bertz CT molecular complexity index is 870. The van der Waals surface area contributed by atoms with Crippen LogP contribution in [0.15, 0.2) is 18.2 Å². The molecule has 1 saturated heterocycles. The first-order chi connectivity index (χ1) is 14.7. The number of carboxylic acid groups (broad SMARTS) is 1. The molecule has 11 heteroatoms. The normalized spacial score (nSPS) is 14.5. The van der Waals surface area contributed by atoms with Crippen LogP contribution < -0.4 is 5.32 Å². The number of aliphatic hydroxyl groups excluding tert-OH is 1. The number of carbonyl (C=O) groups excluding carboxylic acids is 3. The summed E-state index contributed by atoms with van der Waals surface area (Å²) < 4.78 is 0. The van der Waals surface area contributed by atoms with Gasteiger partial charge in [0.25, 0.3) is 11.6 Å². The van der Waals surface area contributed by atoms with E-state index in [0.717, 1.165) is 0 Å². The standard InChI is InChI=1S/C20H25N3O8/c24-12-14-5-4-13(10-16(14)23(30)31)11-21-18(26)7-6-15(2-1-3-19(27)28)22-9-8-17(25)20(22)29/h4-5,10,15,24H,1-3,6-9,11-12H2,(H,21,26)(H,27,28). The molecule has 31 heavy (non-hydrogen) atoms. The molecule has 1 fully saturated rings. The number of Topliss-reactive ketones (excluding diaryl/α,β-unsaturated/α-hetero) is 1. The van der Waals surface area contributed by atoms with E-state index in [1.807, 2.05) is 0 Å². The molecule has 1 aliphatic heterocycles. The van der Waals surface area contributed by atoms with Crippen LogP contribution in [-0.2, 0) is 32.3 Å². The van der Waals surface area contributed by atoms with Crippen molar-refractivity contribution < 1.29 is 34.3 Å². The number of amides is 2. The zero-order valence-corrected chi connectivity index (χ0v) is 16.9. The molecular weight excluding hydrogens is 410 g/mol. The Kier molecular flexibility index (Phi) is 8.62. The van der Waals surface area contributed by atoms with Crippen LogP contribution in [0, 0.1) is 10.1 Å². The van der Waals surface area contributed by atoms with Crippen molar-refractivity contribution in [1.29, 1.82) is 0 Å². The highest BCUT2D eigenvalue weighted by Crippen LogP contribution is 2.21. The molecule has 0 bridgehead atoms. The molecule has 1 heterocycles. The lowest BCUT2D eigenvalue weighted by atomic mass is 10.0. The van der Waals surface area contributed by atoms with Gasteiger partial charge in [0, 0.05) is 44.5 Å². The Morgan fingerprint density at radius 3 is 2.55 bits per heavy atom. The predicted molar refractivity (Wildman–Crippen MR) is 107 cm³/mol. The summed E-state index contributed by atoms with van der Waals surface area (Å²) >= 11 is 0. The fraction of sp³-hybridized carbons (Fsp3) is 0.500. The van der Waals surface area contributed by atoms with Crippen molar-refractivity contribution in [3.63, 3.8) is 0 Å². The van der Waals surface area contributed by atoms with Gasteiger partial charge in [-0.05, 0) is 30.9 Å². The van der Waals surface area contributed by atoms with E-state index >= 15 is 0 Å². The van der Waals surface area contributed by atoms with Crippen molar-refractivity contribution in [3.8, 4) is 0 Å². The van der Waals surface area contributed by atoms with Gasteiger partial charge < -0.3 is 20.4 Å². The smallest absolute Gasteiger partial charge is 0.303 e. The van der Waals surface area contributed by atoms with Gasteiger partial charge in [-0.1, -0.05) is 6.07 Å². The predicted octanol–water partition coefficient (Wildman–Crippen LogP) is 0.908. The molecular formula is C20H25N3O8. The van der Waals surface area contributed by atoms with Gasteiger partial charge >= 0.3 is 5.97 Å². The summed E-state index contributed by atoms with van der Waals surface area (Å²) in [7, 11) is 0. The Hall–Kier alpha value is -3.34. The Labute approximate surface area is 178 Å². The molecule has 0 spiro atoms. The highest BCUT2D eigenvalue weighted by atomic mass is 16.6. The van der Waals surface area contributed by atoms with Gasteiger partial charge in [-0.15, -0.1) is 0 Å². The second kappa shape index (κ2) is 11.2. The largest absolute Gasteiger partial charge is 0.481 e. The van der Waals surface area contributed by atoms with Crippen LogP contribution >= 0.6 is 0 Å². The van der Waals surface area contributed by atoms with E-state index < -0.39 is 35.2 Å². The number of aliphatic carboxylic acids is 1. The van der Waals surface area contributed by atoms with Gasteiger partial charge in [0.05, 0.1) is 17.1 Å². The number of nitro benzene ring substituents is 1. The Balaban J connectivity index is 1.92. The summed E-state index contributed by atoms with van der Waals surface area (Å²) in [5.41, 5.74) is 0.439. The molecule has 1 aromatic carbocycles. The topological polar surface area (TPSA) is 167 Å².